The van der Waals surface area contributed by atoms with Crippen LogP contribution in [0.15, 0.2) is 0 Å². The van der Waals surface area contributed by atoms with Crippen LogP contribution in [0.25, 0.3) is 0 Å². The molecule has 0 aromatic heterocycles. The maximum Gasteiger partial charge on any atom is 0.458 e. The summed E-state index contributed by atoms with van der Waals surface area (Å²) in [6.07, 6.45) is 3.19. The minimum absolute atomic E-state index is 0.0666. The van der Waals surface area contributed by atoms with Crippen LogP contribution in [0.5, 0.6) is 0 Å². The van der Waals surface area contributed by atoms with Gasteiger partial charge in [-0.05, 0) is 52.3 Å². The van der Waals surface area contributed by atoms with E-state index < -0.39 is 0 Å². The van der Waals surface area contributed by atoms with Gasteiger partial charge < -0.3 is 14.0 Å². The van der Waals surface area contributed by atoms with Crippen molar-refractivity contribution >= 4 is 7.12 Å². The molecule has 0 N–H and O–H groups in total. The molecule has 17 heavy (non-hydrogen) atoms. The van der Waals surface area contributed by atoms with Gasteiger partial charge in [0.2, 0.25) is 0 Å². The summed E-state index contributed by atoms with van der Waals surface area (Å²) in [5.74, 6) is 0. The van der Waals surface area contributed by atoms with Gasteiger partial charge in [-0.1, -0.05) is 6.92 Å². The molecule has 0 saturated carbocycles. The quantitative estimate of drug-likeness (QED) is 0.694. The zero-order valence-electron chi connectivity index (χ0n) is 11.8. The molecule has 2 aliphatic rings. The van der Waals surface area contributed by atoms with Gasteiger partial charge in [0.1, 0.15) is 0 Å². The van der Waals surface area contributed by atoms with Crippen molar-refractivity contribution in [3.05, 3.63) is 0 Å². The molecule has 2 saturated heterocycles. The Morgan fingerprint density at radius 2 is 1.35 bits per heavy atom. The van der Waals surface area contributed by atoms with E-state index in [2.05, 4.69) is 34.6 Å². The lowest BCUT2D eigenvalue weighted by molar-refractivity contribution is 0.00578. The van der Waals surface area contributed by atoms with Gasteiger partial charge >= 0.3 is 7.12 Å². The molecule has 0 radical (unpaired) electrons. The summed E-state index contributed by atoms with van der Waals surface area (Å²) in [6.45, 7) is 12.5. The van der Waals surface area contributed by atoms with Crippen molar-refractivity contribution in [2.24, 2.45) is 5.41 Å². The molecule has 0 spiro atoms. The molecule has 0 atom stereocenters. The molecule has 2 heterocycles. The smallest absolute Gasteiger partial charge is 0.403 e. The molecule has 0 aliphatic carbocycles. The van der Waals surface area contributed by atoms with Crippen LogP contribution < -0.4 is 0 Å². The first-order valence-corrected chi connectivity index (χ1v) is 6.68. The van der Waals surface area contributed by atoms with Gasteiger partial charge in [-0.2, -0.15) is 0 Å². The number of hydrogen-bond acceptors (Lipinski definition) is 3. The van der Waals surface area contributed by atoms with Gasteiger partial charge in [0.15, 0.2) is 0 Å². The third kappa shape index (κ3) is 2.69. The van der Waals surface area contributed by atoms with E-state index in [1.165, 1.54) is 0 Å². The molecule has 4 heteroatoms. The Morgan fingerprint density at radius 3 is 1.82 bits per heavy atom. The van der Waals surface area contributed by atoms with Crippen molar-refractivity contribution in [2.75, 3.05) is 13.2 Å². The predicted molar refractivity (Wildman–Crippen MR) is 69.0 cm³/mol. The fourth-order valence-corrected chi connectivity index (χ4v) is 2.52. The van der Waals surface area contributed by atoms with Crippen LogP contribution in [0.4, 0.5) is 0 Å². The summed E-state index contributed by atoms with van der Waals surface area (Å²) < 4.78 is 17.6. The fourth-order valence-electron chi connectivity index (χ4n) is 2.52. The van der Waals surface area contributed by atoms with Crippen molar-refractivity contribution < 1.29 is 14.0 Å². The van der Waals surface area contributed by atoms with Crippen molar-refractivity contribution in [3.63, 3.8) is 0 Å². The van der Waals surface area contributed by atoms with Crippen LogP contribution in [0.1, 0.15) is 47.5 Å². The van der Waals surface area contributed by atoms with Crippen molar-refractivity contribution in [3.8, 4) is 0 Å². The summed E-state index contributed by atoms with van der Waals surface area (Å²) in [4.78, 5) is 0. The first-order chi connectivity index (χ1) is 7.74. The maximum absolute atomic E-state index is 6.07. The lowest BCUT2D eigenvalue weighted by atomic mass is 9.65. The van der Waals surface area contributed by atoms with E-state index in [-0.39, 0.29) is 18.3 Å². The lowest BCUT2D eigenvalue weighted by Gasteiger charge is -2.34. The second kappa shape index (κ2) is 4.25. The van der Waals surface area contributed by atoms with Crippen LogP contribution in [-0.4, -0.2) is 31.5 Å². The first-order valence-electron chi connectivity index (χ1n) is 6.68. The second-order valence-electron chi connectivity index (χ2n) is 6.81. The molecule has 98 valence electrons. The average molecular weight is 240 g/mol. The summed E-state index contributed by atoms with van der Waals surface area (Å²) in [5, 5.41) is 0. The fraction of sp³-hybridized carbons (Fsp3) is 1.00. The van der Waals surface area contributed by atoms with Crippen LogP contribution in [0, 0.1) is 5.41 Å². The van der Waals surface area contributed by atoms with Gasteiger partial charge in [-0.25, -0.2) is 0 Å². The van der Waals surface area contributed by atoms with E-state index in [0.717, 1.165) is 32.4 Å². The standard InChI is InChI=1S/C13H25BO3/c1-11(2)12(3,4)17-14(16-11)10-13(5)6-8-15-9-7-13/h6-10H2,1-5H3. The topological polar surface area (TPSA) is 27.7 Å². The van der Waals surface area contributed by atoms with Crippen LogP contribution in [0.2, 0.25) is 6.32 Å². The highest BCUT2D eigenvalue weighted by Crippen LogP contribution is 2.43. The van der Waals surface area contributed by atoms with E-state index in [9.17, 15) is 0 Å². The Hall–Kier alpha value is -0.0551. The van der Waals surface area contributed by atoms with Crippen LogP contribution >= 0.6 is 0 Å². The molecule has 0 unspecified atom stereocenters. The van der Waals surface area contributed by atoms with E-state index in [1.807, 2.05) is 0 Å². The Kier molecular flexibility index (Phi) is 3.35. The third-order valence-corrected chi connectivity index (χ3v) is 4.66. The zero-order valence-corrected chi connectivity index (χ0v) is 11.8. The number of rotatable bonds is 2. The Balaban J connectivity index is 1.97. The number of ether oxygens (including phenoxy) is 1. The minimum Gasteiger partial charge on any atom is -0.403 e. The van der Waals surface area contributed by atoms with E-state index in [0.29, 0.717) is 5.41 Å². The van der Waals surface area contributed by atoms with Gasteiger partial charge in [0, 0.05) is 13.2 Å². The first kappa shape index (κ1) is 13.4. The summed E-state index contributed by atoms with van der Waals surface area (Å²) in [6, 6.07) is 0. The van der Waals surface area contributed by atoms with Gasteiger partial charge in [-0.3, -0.25) is 0 Å². The zero-order chi connectivity index (χ0) is 12.7. The Morgan fingerprint density at radius 1 is 0.882 bits per heavy atom. The van der Waals surface area contributed by atoms with E-state index in [1.54, 1.807) is 0 Å². The molecule has 2 fully saturated rings. The van der Waals surface area contributed by atoms with Crippen LogP contribution in [-0.2, 0) is 14.0 Å². The Bertz CT molecular complexity index is 266. The average Bonchev–Trinajstić information content (AvgIpc) is 2.34. The van der Waals surface area contributed by atoms with Crippen molar-refractivity contribution in [1.29, 1.82) is 0 Å². The monoisotopic (exact) mass is 240 g/mol. The highest BCUT2D eigenvalue weighted by atomic mass is 16.7. The minimum atomic E-state index is -0.209. The van der Waals surface area contributed by atoms with Crippen molar-refractivity contribution in [1.82, 2.24) is 0 Å². The van der Waals surface area contributed by atoms with Crippen molar-refractivity contribution in [2.45, 2.75) is 65.0 Å². The largest absolute Gasteiger partial charge is 0.458 e. The van der Waals surface area contributed by atoms with E-state index in [4.69, 9.17) is 14.0 Å². The van der Waals surface area contributed by atoms with Gasteiger partial charge in [0.05, 0.1) is 11.2 Å². The van der Waals surface area contributed by atoms with Crippen LogP contribution in [0.3, 0.4) is 0 Å². The van der Waals surface area contributed by atoms with E-state index >= 15 is 0 Å². The SMILES string of the molecule is CC1(CB2OC(C)(C)C(C)(C)O2)CCOCC1. The molecule has 3 nitrogen and oxygen atoms in total. The molecule has 0 aromatic carbocycles. The highest BCUT2D eigenvalue weighted by Gasteiger charge is 2.52. The van der Waals surface area contributed by atoms with Gasteiger partial charge in [0.25, 0.3) is 0 Å². The lowest BCUT2D eigenvalue weighted by Crippen LogP contribution is -2.41. The molecular formula is C13H25BO3. The summed E-state index contributed by atoms with van der Waals surface area (Å²) in [7, 11) is -0.0666. The molecular weight excluding hydrogens is 215 g/mol. The molecule has 2 aliphatic heterocycles. The van der Waals surface area contributed by atoms with Gasteiger partial charge in [-0.15, -0.1) is 0 Å². The maximum atomic E-state index is 6.07. The molecule has 0 amide bonds. The normalized spacial score (nSPS) is 30.5. The Labute approximate surface area is 105 Å². The molecule has 2 rings (SSSR count). The summed E-state index contributed by atoms with van der Waals surface area (Å²) in [5.41, 5.74) is -0.113. The molecule has 0 aromatic rings. The second-order valence-corrected chi connectivity index (χ2v) is 6.81. The summed E-state index contributed by atoms with van der Waals surface area (Å²) >= 11 is 0. The third-order valence-electron chi connectivity index (χ3n) is 4.66. The highest BCUT2D eigenvalue weighted by molar-refractivity contribution is 6.45. The predicted octanol–water partition coefficient (Wildman–Crippen LogP) is 2.90. The molecule has 0 bridgehead atoms. The number of hydrogen-bond donors (Lipinski definition) is 0.